The molecule has 152 valence electrons. The van der Waals surface area contributed by atoms with Crippen molar-refractivity contribution in [2.45, 2.75) is 57.5 Å². The summed E-state index contributed by atoms with van der Waals surface area (Å²) in [5.74, 6) is 1.77. The third kappa shape index (κ3) is 3.52. The van der Waals surface area contributed by atoms with E-state index < -0.39 is 0 Å². The van der Waals surface area contributed by atoms with E-state index in [1.54, 1.807) is 24.5 Å². The van der Waals surface area contributed by atoms with Gasteiger partial charge in [0.1, 0.15) is 4.88 Å². The molecule has 1 saturated carbocycles. The highest BCUT2D eigenvalue weighted by molar-refractivity contribution is 7.18. The van der Waals surface area contributed by atoms with Gasteiger partial charge in [0.15, 0.2) is 5.13 Å². The van der Waals surface area contributed by atoms with Crippen LogP contribution in [-0.2, 0) is 4.79 Å². The zero-order chi connectivity index (χ0) is 19.7. The second-order valence-corrected chi connectivity index (χ2v) is 8.67. The number of hydrogen-bond donors (Lipinski definition) is 0. The molecule has 0 radical (unpaired) electrons. The molecule has 1 aliphatic carbocycles. The van der Waals surface area contributed by atoms with Gasteiger partial charge in [-0.25, -0.2) is 4.98 Å². The third-order valence-electron chi connectivity index (χ3n) is 5.90. The van der Waals surface area contributed by atoms with Crippen molar-refractivity contribution >= 4 is 22.4 Å². The van der Waals surface area contributed by atoms with E-state index in [1.165, 1.54) is 19.3 Å². The minimum Gasteiger partial charge on any atom is -0.420 e. The number of amides is 1. The van der Waals surface area contributed by atoms with Crippen LogP contribution < -0.4 is 4.90 Å². The van der Waals surface area contributed by atoms with E-state index in [0.717, 1.165) is 42.4 Å². The zero-order valence-corrected chi connectivity index (χ0v) is 17.1. The molecular weight excluding hydrogens is 381 g/mol. The third-order valence-corrected chi connectivity index (χ3v) is 6.95. The van der Waals surface area contributed by atoms with Crippen molar-refractivity contribution in [3.8, 4) is 10.8 Å². The number of alkyl halides is 1. The Morgan fingerprint density at radius 2 is 1.89 bits per heavy atom. The number of thiazole rings is 1. The number of fused-ring (bicyclic) bond motifs is 2. The van der Waals surface area contributed by atoms with Crippen LogP contribution in [0.2, 0.25) is 0 Å². The van der Waals surface area contributed by atoms with Crippen LogP contribution in [0.5, 0.6) is 0 Å². The number of nitrogens with zero attached hydrogens (tertiary/aromatic N) is 5. The van der Waals surface area contributed by atoms with E-state index in [1.807, 2.05) is 0 Å². The molecule has 4 fully saturated rings. The number of piperidine rings is 1. The van der Waals surface area contributed by atoms with Crippen molar-refractivity contribution in [3.05, 3.63) is 12.1 Å². The molecule has 3 saturated heterocycles. The fraction of sp³-hybridized carbons (Fsp3) is 0.684. The second-order valence-electron chi connectivity index (χ2n) is 7.66. The van der Waals surface area contributed by atoms with E-state index in [-0.39, 0.29) is 5.92 Å². The lowest BCUT2D eigenvalue weighted by molar-refractivity contribution is -0.151. The molecule has 4 aliphatic rings. The van der Waals surface area contributed by atoms with Crippen LogP contribution in [0.15, 0.2) is 10.6 Å². The van der Waals surface area contributed by atoms with Crippen molar-refractivity contribution in [3.63, 3.8) is 0 Å². The van der Waals surface area contributed by atoms with E-state index in [2.05, 4.69) is 25.0 Å². The summed E-state index contributed by atoms with van der Waals surface area (Å²) in [6.07, 6.45) is 8.81. The van der Waals surface area contributed by atoms with Gasteiger partial charge < -0.3 is 14.2 Å². The molecule has 0 spiro atoms. The number of anilines is 1. The number of carbonyl (C=O) groups is 1. The molecule has 2 bridgehead atoms. The number of halogens is 1. The van der Waals surface area contributed by atoms with Crippen molar-refractivity contribution in [2.75, 3.05) is 25.2 Å². The smallest absolute Gasteiger partial charge is 0.259 e. The van der Waals surface area contributed by atoms with Gasteiger partial charge >= 0.3 is 0 Å². The molecule has 28 heavy (non-hydrogen) atoms. The number of carbonyl (C=O) groups excluding carboxylic acids is 1. The van der Waals surface area contributed by atoms with Crippen molar-refractivity contribution < 1.29 is 13.6 Å². The first-order valence-corrected chi connectivity index (χ1v) is 10.7. The summed E-state index contributed by atoms with van der Waals surface area (Å²) >= 11 is 1.58. The van der Waals surface area contributed by atoms with Gasteiger partial charge in [-0.05, 0) is 19.3 Å². The van der Waals surface area contributed by atoms with Gasteiger partial charge in [-0.1, -0.05) is 30.6 Å². The minimum absolute atomic E-state index is 0.271. The lowest BCUT2D eigenvalue weighted by Gasteiger charge is -2.57. The van der Waals surface area contributed by atoms with Gasteiger partial charge in [0.25, 0.3) is 5.89 Å². The highest BCUT2D eigenvalue weighted by Gasteiger charge is 2.49. The lowest BCUT2D eigenvalue weighted by Crippen LogP contribution is -2.71. The van der Waals surface area contributed by atoms with Crippen molar-refractivity contribution in [2.24, 2.45) is 5.92 Å². The van der Waals surface area contributed by atoms with Gasteiger partial charge in [0.2, 0.25) is 11.8 Å². The number of piperazine rings is 1. The average Bonchev–Trinajstić information content (AvgIpc) is 3.39. The second kappa shape index (κ2) is 8.14. The van der Waals surface area contributed by atoms with Crippen molar-refractivity contribution in [1.82, 2.24) is 20.1 Å². The number of aryl methyl sites for hydroxylation is 1. The quantitative estimate of drug-likeness (QED) is 0.776. The molecule has 9 heteroatoms. The Bertz CT molecular complexity index is 807. The van der Waals surface area contributed by atoms with Crippen LogP contribution in [-0.4, -0.2) is 58.3 Å². The highest BCUT2D eigenvalue weighted by Crippen LogP contribution is 2.39. The molecule has 6 rings (SSSR count). The summed E-state index contributed by atoms with van der Waals surface area (Å²) in [7, 11) is 0.500. The van der Waals surface area contributed by atoms with Gasteiger partial charge in [-0.15, -0.1) is 10.2 Å². The van der Waals surface area contributed by atoms with Gasteiger partial charge in [0, 0.05) is 25.9 Å². The average molecular weight is 408 g/mol. The molecule has 2 aromatic heterocycles. The standard InChI is InChI=1S/C18H23N5O2S.CH3F/c1-11-20-21-16(25-11)15-8-19-18(26-15)22-9-13-7-14(10-22)23(13)17(24)12-5-3-2-4-6-12;1-2/h8,12-14H,2-7,9-10H2,1H3;1H3. The molecule has 7 nitrogen and oxygen atoms in total. The fourth-order valence-corrected chi connectivity index (χ4v) is 5.45. The first-order chi connectivity index (χ1) is 13.7. The number of aromatic nitrogens is 3. The highest BCUT2D eigenvalue weighted by atomic mass is 32.1. The Morgan fingerprint density at radius 3 is 2.54 bits per heavy atom. The summed E-state index contributed by atoms with van der Waals surface area (Å²) < 4.78 is 15.0. The first-order valence-electron chi connectivity index (χ1n) is 9.90. The summed E-state index contributed by atoms with van der Waals surface area (Å²) in [6, 6.07) is 0.697. The first kappa shape index (κ1) is 19.3. The SMILES string of the molecule is CF.Cc1nnc(-c2cnc(N3CC4CC(C3)N4C(=O)C3CCCCC3)s2)o1. The van der Waals surface area contributed by atoms with Crippen LogP contribution in [0.3, 0.4) is 0 Å². The Morgan fingerprint density at radius 1 is 1.18 bits per heavy atom. The number of hydrogen-bond acceptors (Lipinski definition) is 7. The molecule has 0 aromatic carbocycles. The lowest BCUT2D eigenvalue weighted by atomic mass is 9.82. The van der Waals surface area contributed by atoms with Crippen LogP contribution in [0.1, 0.15) is 44.4 Å². The molecule has 2 aromatic rings. The normalized spacial score (nSPS) is 24.4. The predicted molar refractivity (Wildman–Crippen MR) is 105 cm³/mol. The van der Waals surface area contributed by atoms with Crippen molar-refractivity contribution in [1.29, 1.82) is 0 Å². The van der Waals surface area contributed by atoms with E-state index >= 15 is 0 Å². The Balaban J connectivity index is 0.000000932. The zero-order valence-electron chi connectivity index (χ0n) is 16.3. The summed E-state index contributed by atoms with van der Waals surface area (Å²) in [5, 5.41) is 8.93. The van der Waals surface area contributed by atoms with Crippen LogP contribution in [0.4, 0.5) is 9.52 Å². The summed E-state index contributed by atoms with van der Waals surface area (Å²) in [4.78, 5) is 22.8. The predicted octanol–water partition coefficient (Wildman–Crippen LogP) is 3.46. The topological polar surface area (TPSA) is 75.4 Å². The molecule has 2 atom stereocenters. The number of rotatable bonds is 3. The Kier molecular flexibility index (Phi) is 5.61. The maximum absolute atomic E-state index is 12.9. The molecule has 2 unspecified atom stereocenters. The maximum Gasteiger partial charge on any atom is 0.259 e. The van der Waals surface area contributed by atoms with Crippen LogP contribution in [0, 0.1) is 12.8 Å². The van der Waals surface area contributed by atoms with Gasteiger partial charge in [-0.3, -0.25) is 9.18 Å². The summed E-state index contributed by atoms with van der Waals surface area (Å²) in [6.45, 7) is 3.55. The summed E-state index contributed by atoms with van der Waals surface area (Å²) in [5.41, 5.74) is 0. The van der Waals surface area contributed by atoms with Gasteiger partial charge in [0.05, 0.1) is 25.5 Å². The maximum atomic E-state index is 12.9. The van der Waals surface area contributed by atoms with Crippen LogP contribution >= 0.6 is 11.3 Å². The monoisotopic (exact) mass is 407 g/mol. The Labute approximate surface area is 167 Å². The molecule has 3 aliphatic heterocycles. The minimum atomic E-state index is 0.271. The molecular formula is C19H26FN5O2S. The van der Waals surface area contributed by atoms with E-state index in [9.17, 15) is 9.18 Å². The molecule has 0 N–H and O–H groups in total. The van der Waals surface area contributed by atoms with E-state index in [0.29, 0.717) is 36.9 Å². The van der Waals surface area contributed by atoms with E-state index in [4.69, 9.17) is 4.42 Å². The van der Waals surface area contributed by atoms with Crippen LogP contribution in [0.25, 0.3) is 10.8 Å². The largest absolute Gasteiger partial charge is 0.420 e. The fourth-order valence-electron chi connectivity index (χ4n) is 4.59. The van der Waals surface area contributed by atoms with Gasteiger partial charge in [-0.2, -0.15) is 0 Å². The Hall–Kier alpha value is -2.03. The molecule has 1 amide bonds. The molecule has 5 heterocycles.